The highest BCUT2D eigenvalue weighted by Gasteiger charge is 2.12. The van der Waals surface area contributed by atoms with Crippen LogP contribution >= 0.6 is 11.8 Å². The number of nitrogens with one attached hydrogen (secondary N) is 1. The number of para-hydroxylation sites is 1. The summed E-state index contributed by atoms with van der Waals surface area (Å²) in [6.07, 6.45) is 4.68. The highest BCUT2D eigenvalue weighted by Crippen LogP contribution is 2.38. The predicted molar refractivity (Wildman–Crippen MR) is 113 cm³/mol. The van der Waals surface area contributed by atoms with Gasteiger partial charge in [-0.1, -0.05) is 12.1 Å². The average molecular weight is 417 g/mol. The lowest BCUT2D eigenvalue weighted by atomic mass is 10.1. The van der Waals surface area contributed by atoms with Gasteiger partial charge in [0.05, 0.1) is 27.0 Å². The first-order chi connectivity index (χ1) is 14.0. The first-order valence-electron chi connectivity index (χ1n) is 8.60. The van der Waals surface area contributed by atoms with Crippen molar-refractivity contribution < 1.29 is 28.5 Å². The van der Waals surface area contributed by atoms with E-state index in [9.17, 15) is 9.59 Å². The number of ether oxygens (including phenoxy) is 4. The molecule has 0 saturated carbocycles. The minimum atomic E-state index is -0.646. The molecule has 0 unspecified atom stereocenters. The van der Waals surface area contributed by atoms with Gasteiger partial charge in [0.15, 0.2) is 18.1 Å². The van der Waals surface area contributed by atoms with E-state index in [1.807, 2.05) is 24.5 Å². The molecule has 154 valence electrons. The molecule has 0 aliphatic carbocycles. The summed E-state index contributed by atoms with van der Waals surface area (Å²) < 4.78 is 20.8. The predicted octanol–water partition coefficient (Wildman–Crippen LogP) is 3.63. The third-order valence-electron chi connectivity index (χ3n) is 3.83. The maximum atomic E-state index is 12.0. The number of carbonyl (C=O) groups is 2. The fourth-order valence-electron chi connectivity index (χ4n) is 2.48. The van der Waals surface area contributed by atoms with Crippen LogP contribution < -0.4 is 19.5 Å². The SMILES string of the molecule is COc1cc(/C=C/C(=O)OCC(=O)Nc2ccccc2SC)cc(OC)c1OC. The van der Waals surface area contributed by atoms with E-state index in [4.69, 9.17) is 18.9 Å². The molecule has 1 amide bonds. The Balaban J connectivity index is 1.97. The van der Waals surface area contributed by atoms with Gasteiger partial charge in [0.1, 0.15) is 0 Å². The van der Waals surface area contributed by atoms with Gasteiger partial charge < -0.3 is 24.3 Å². The van der Waals surface area contributed by atoms with Crippen molar-refractivity contribution in [1.82, 2.24) is 0 Å². The van der Waals surface area contributed by atoms with Crippen LogP contribution in [-0.4, -0.2) is 46.1 Å². The molecular formula is C21H23NO6S. The molecule has 0 radical (unpaired) electrons. The molecular weight excluding hydrogens is 394 g/mol. The van der Waals surface area contributed by atoms with E-state index in [2.05, 4.69) is 5.32 Å². The summed E-state index contributed by atoms with van der Waals surface area (Å²) in [5, 5.41) is 2.73. The Morgan fingerprint density at radius 2 is 1.69 bits per heavy atom. The molecule has 8 heteroatoms. The molecule has 29 heavy (non-hydrogen) atoms. The Morgan fingerprint density at radius 1 is 1.03 bits per heavy atom. The lowest BCUT2D eigenvalue weighted by molar-refractivity contribution is -0.142. The van der Waals surface area contributed by atoms with Crippen LogP contribution in [0, 0.1) is 0 Å². The van der Waals surface area contributed by atoms with Gasteiger partial charge in [0.25, 0.3) is 5.91 Å². The van der Waals surface area contributed by atoms with Crippen molar-refractivity contribution in [3.05, 3.63) is 48.0 Å². The van der Waals surface area contributed by atoms with E-state index >= 15 is 0 Å². The molecule has 0 bridgehead atoms. The van der Waals surface area contributed by atoms with Gasteiger partial charge in [-0.15, -0.1) is 11.8 Å². The maximum Gasteiger partial charge on any atom is 0.331 e. The zero-order chi connectivity index (χ0) is 21.2. The molecule has 2 rings (SSSR count). The van der Waals surface area contributed by atoms with Crippen LogP contribution in [0.2, 0.25) is 0 Å². The number of hydrogen-bond acceptors (Lipinski definition) is 7. The Kier molecular flexibility index (Phi) is 8.42. The van der Waals surface area contributed by atoms with Crippen LogP contribution in [0.15, 0.2) is 47.4 Å². The molecule has 0 aliphatic heterocycles. The van der Waals surface area contributed by atoms with Gasteiger partial charge in [-0.05, 0) is 42.2 Å². The van der Waals surface area contributed by atoms with E-state index in [-0.39, 0.29) is 6.61 Å². The van der Waals surface area contributed by atoms with E-state index in [0.717, 1.165) is 4.90 Å². The molecule has 2 aromatic carbocycles. The second-order valence-electron chi connectivity index (χ2n) is 5.65. The summed E-state index contributed by atoms with van der Waals surface area (Å²) in [5.74, 6) is 0.323. The monoisotopic (exact) mass is 417 g/mol. The summed E-state index contributed by atoms with van der Waals surface area (Å²) in [6.45, 7) is -0.388. The van der Waals surface area contributed by atoms with Gasteiger partial charge in [-0.25, -0.2) is 4.79 Å². The third kappa shape index (κ3) is 6.18. The number of carbonyl (C=O) groups excluding carboxylic acids is 2. The zero-order valence-electron chi connectivity index (χ0n) is 16.7. The first-order valence-corrected chi connectivity index (χ1v) is 9.82. The number of esters is 1. The minimum absolute atomic E-state index is 0.388. The van der Waals surface area contributed by atoms with Crippen molar-refractivity contribution in [2.45, 2.75) is 4.90 Å². The second-order valence-corrected chi connectivity index (χ2v) is 6.50. The minimum Gasteiger partial charge on any atom is -0.493 e. The fourth-order valence-corrected chi connectivity index (χ4v) is 3.03. The summed E-state index contributed by atoms with van der Waals surface area (Å²) in [5.41, 5.74) is 1.32. The van der Waals surface area contributed by atoms with Gasteiger partial charge in [-0.3, -0.25) is 4.79 Å². The third-order valence-corrected chi connectivity index (χ3v) is 4.62. The summed E-state index contributed by atoms with van der Waals surface area (Å²) >= 11 is 1.51. The van der Waals surface area contributed by atoms with Crippen LogP contribution in [0.25, 0.3) is 6.08 Å². The van der Waals surface area contributed by atoms with Crippen LogP contribution in [0.3, 0.4) is 0 Å². The molecule has 0 spiro atoms. The molecule has 0 aliphatic rings. The van der Waals surface area contributed by atoms with E-state index in [0.29, 0.717) is 28.5 Å². The summed E-state index contributed by atoms with van der Waals surface area (Å²) in [7, 11) is 4.52. The molecule has 1 N–H and O–H groups in total. The van der Waals surface area contributed by atoms with Crippen LogP contribution in [-0.2, 0) is 14.3 Å². The van der Waals surface area contributed by atoms with Gasteiger partial charge >= 0.3 is 5.97 Å². The quantitative estimate of drug-likeness (QED) is 0.379. The number of benzene rings is 2. The Labute approximate surface area is 174 Å². The molecule has 0 fully saturated rings. The summed E-state index contributed by atoms with van der Waals surface area (Å²) in [6, 6.07) is 10.8. The first kappa shape index (κ1) is 22.2. The van der Waals surface area contributed by atoms with Crippen molar-refractivity contribution in [3.63, 3.8) is 0 Å². The van der Waals surface area contributed by atoms with Crippen molar-refractivity contribution in [2.75, 3.05) is 39.5 Å². The number of anilines is 1. The standard InChI is InChI=1S/C21H23NO6S/c1-25-16-11-14(12-17(26-2)21(16)27-3)9-10-20(24)28-13-19(23)22-15-7-5-6-8-18(15)29-4/h5-12H,13H2,1-4H3,(H,22,23)/b10-9+. The number of amides is 1. The van der Waals surface area contributed by atoms with Crippen LogP contribution in [0.4, 0.5) is 5.69 Å². The van der Waals surface area contributed by atoms with Crippen molar-refractivity contribution in [3.8, 4) is 17.2 Å². The van der Waals surface area contributed by atoms with E-state index in [1.165, 1.54) is 45.2 Å². The number of hydrogen-bond donors (Lipinski definition) is 1. The van der Waals surface area contributed by atoms with Crippen LogP contribution in [0.1, 0.15) is 5.56 Å². The zero-order valence-corrected chi connectivity index (χ0v) is 17.5. The smallest absolute Gasteiger partial charge is 0.331 e. The topological polar surface area (TPSA) is 83.1 Å². The van der Waals surface area contributed by atoms with Gasteiger partial charge in [-0.2, -0.15) is 0 Å². The Hall–Kier alpha value is -3.13. The highest BCUT2D eigenvalue weighted by molar-refractivity contribution is 7.98. The van der Waals surface area contributed by atoms with Crippen molar-refractivity contribution in [2.24, 2.45) is 0 Å². The lowest BCUT2D eigenvalue weighted by Crippen LogP contribution is -2.20. The van der Waals surface area contributed by atoms with Gasteiger partial charge in [0, 0.05) is 11.0 Å². The van der Waals surface area contributed by atoms with E-state index < -0.39 is 11.9 Å². The molecule has 0 heterocycles. The van der Waals surface area contributed by atoms with Gasteiger partial charge in [0.2, 0.25) is 5.75 Å². The van der Waals surface area contributed by atoms with Crippen LogP contribution in [0.5, 0.6) is 17.2 Å². The van der Waals surface area contributed by atoms with E-state index in [1.54, 1.807) is 18.2 Å². The summed E-state index contributed by atoms with van der Waals surface area (Å²) in [4.78, 5) is 24.9. The number of thioether (sulfide) groups is 1. The second kappa shape index (κ2) is 11.0. The Morgan fingerprint density at radius 3 is 2.28 bits per heavy atom. The normalized spacial score (nSPS) is 10.5. The largest absolute Gasteiger partial charge is 0.493 e. The fraction of sp³-hybridized carbons (Fsp3) is 0.238. The lowest BCUT2D eigenvalue weighted by Gasteiger charge is -2.12. The number of methoxy groups -OCH3 is 3. The number of rotatable bonds is 9. The van der Waals surface area contributed by atoms with Crippen molar-refractivity contribution in [1.29, 1.82) is 0 Å². The molecule has 0 aromatic heterocycles. The molecule has 7 nitrogen and oxygen atoms in total. The Bertz CT molecular complexity index is 871. The van der Waals surface area contributed by atoms with Crippen molar-refractivity contribution >= 4 is 35.4 Å². The molecule has 2 aromatic rings. The molecule has 0 saturated heterocycles. The maximum absolute atomic E-state index is 12.0. The highest BCUT2D eigenvalue weighted by atomic mass is 32.2. The average Bonchev–Trinajstić information content (AvgIpc) is 2.75. The molecule has 0 atom stereocenters.